The number of sulfone groups is 1. The Labute approximate surface area is 50.6 Å². The van der Waals surface area contributed by atoms with Crippen LogP contribution in [0.1, 0.15) is 0 Å². The Morgan fingerprint density at radius 2 is 1.67 bits per heavy atom. The van der Waals surface area contributed by atoms with Crippen molar-refractivity contribution < 1.29 is 21.6 Å². The molecule has 0 aliphatic heterocycles. The Bertz CT molecular complexity index is 178. The molecule has 0 saturated heterocycles. The van der Waals surface area contributed by atoms with Gasteiger partial charge in [0.25, 0.3) is 0 Å². The van der Waals surface area contributed by atoms with Gasteiger partial charge >= 0.3 is 6.18 Å². The van der Waals surface area contributed by atoms with Gasteiger partial charge in [-0.2, -0.15) is 13.2 Å². The second-order valence-corrected chi connectivity index (χ2v) is 3.28. The van der Waals surface area contributed by atoms with Crippen molar-refractivity contribution in [1.82, 2.24) is 0 Å². The van der Waals surface area contributed by atoms with Crippen LogP contribution in [0.5, 0.6) is 0 Å². The summed E-state index contributed by atoms with van der Waals surface area (Å²) in [6.45, 7) is 0. The molecule has 0 saturated carbocycles. The van der Waals surface area contributed by atoms with Gasteiger partial charge in [-0.1, -0.05) is 0 Å². The molecule has 1 radical (unpaired) electrons. The standard InChI is InChI=1S/C3H4F3O2S/c1-9(7,8)2-3(4,5)6/h1-2H2. The molecular formula is C3H4F3O2S. The van der Waals surface area contributed by atoms with Gasteiger partial charge in [-0.3, -0.25) is 0 Å². The monoisotopic (exact) mass is 161 g/mol. The lowest BCUT2D eigenvalue weighted by molar-refractivity contribution is -0.106. The van der Waals surface area contributed by atoms with E-state index in [1.54, 1.807) is 0 Å². The summed E-state index contributed by atoms with van der Waals surface area (Å²) in [5.41, 5.74) is 0. The molecule has 0 spiro atoms. The molecule has 0 aromatic rings. The number of alkyl halides is 3. The predicted octanol–water partition coefficient (Wildman–Crippen LogP) is 0.755. The normalized spacial score (nSPS) is 13.8. The number of hydrogen-bond donors (Lipinski definition) is 0. The van der Waals surface area contributed by atoms with Crippen LogP contribution in [0.2, 0.25) is 0 Å². The maximum atomic E-state index is 11.1. The van der Waals surface area contributed by atoms with Gasteiger partial charge in [-0.05, 0) is 0 Å². The van der Waals surface area contributed by atoms with E-state index in [1.165, 1.54) is 0 Å². The van der Waals surface area contributed by atoms with Crippen molar-refractivity contribution in [2.75, 3.05) is 5.75 Å². The fraction of sp³-hybridized carbons (Fsp3) is 0.667. The molecule has 2 nitrogen and oxygen atoms in total. The van der Waals surface area contributed by atoms with Crippen molar-refractivity contribution in [3.05, 3.63) is 6.26 Å². The highest BCUT2D eigenvalue weighted by Gasteiger charge is 2.32. The highest BCUT2D eigenvalue weighted by molar-refractivity contribution is 7.92. The highest BCUT2D eigenvalue weighted by atomic mass is 32.2. The van der Waals surface area contributed by atoms with E-state index in [0.29, 0.717) is 0 Å². The maximum Gasteiger partial charge on any atom is 0.402 e. The summed E-state index contributed by atoms with van der Waals surface area (Å²) in [6, 6.07) is 0. The van der Waals surface area contributed by atoms with Crippen molar-refractivity contribution in [3.63, 3.8) is 0 Å². The SMILES string of the molecule is [CH2]S(=O)(=O)CC(F)(F)F. The Balaban J connectivity index is 4.07. The van der Waals surface area contributed by atoms with E-state index in [0.717, 1.165) is 0 Å². The second-order valence-electron chi connectivity index (χ2n) is 1.50. The number of rotatable bonds is 1. The van der Waals surface area contributed by atoms with Crippen LogP contribution in [-0.2, 0) is 9.84 Å². The number of hydrogen-bond acceptors (Lipinski definition) is 2. The van der Waals surface area contributed by atoms with Gasteiger partial charge in [-0.15, -0.1) is 0 Å². The minimum absolute atomic E-state index is 1.85. The topological polar surface area (TPSA) is 34.1 Å². The molecule has 0 aromatic heterocycles. The lowest BCUT2D eigenvalue weighted by Crippen LogP contribution is -2.20. The summed E-state index contributed by atoms with van der Waals surface area (Å²) in [5, 5.41) is 0. The van der Waals surface area contributed by atoms with Crippen LogP contribution < -0.4 is 0 Å². The summed E-state index contributed by atoms with van der Waals surface area (Å²) in [7, 11) is -4.16. The fourth-order valence-electron chi connectivity index (χ4n) is 0.249. The van der Waals surface area contributed by atoms with Crippen LogP contribution in [0.25, 0.3) is 0 Å². The van der Waals surface area contributed by atoms with E-state index in [-0.39, 0.29) is 0 Å². The van der Waals surface area contributed by atoms with Gasteiger partial charge in [0, 0.05) is 0 Å². The van der Waals surface area contributed by atoms with Crippen LogP contribution in [0.4, 0.5) is 13.2 Å². The first-order valence-electron chi connectivity index (χ1n) is 1.83. The van der Waals surface area contributed by atoms with E-state index in [1.807, 2.05) is 0 Å². The highest BCUT2D eigenvalue weighted by Crippen LogP contribution is 2.16. The molecule has 6 heteroatoms. The van der Waals surface area contributed by atoms with E-state index >= 15 is 0 Å². The lowest BCUT2D eigenvalue weighted by atomic mass is 10.8. The molecule has 0 rings (SSSR count). The number of halogens is 3. The van der Waals surface area contributed by atoms with E-state index < -0.39 is 21.8 Å². The van der Waals surface area contributed by atoms with Gasteiger partial charge in [0.15, 0.2) is 9.84 Å². The Hall–Kier alpha value is -0.260. The van der Waals surface area contributed by atoms with Crippen LogP contribution >= 0.6 is 0 Å². The van der Waals surface area contributed by atoms with Crippen LogP contribution in [0, 0.1) is 6.26 Å². The molecule has 0 amide bonds. The molecule has 0 aliphatic carbocycles. The zero-order valence-electron chi connectivity index (χ0n) is 4.27. The van der Waals surface area contributed by atoms with Crippen molar-refractivity contribution >= 4 is 9.84 Å². The van der Waals surface area contributed by atoms with Gasteiger partial charge in [0.1, 0.15) is 5.75 Å². The molecule has 0 N–H and O–H groups in total. The van der Waals surface area contributed by atoms with Crippen molar-refractivity contribution in [2.45, 2.75) is 6.18 Å². The molecule has 9 heavy (non-hydrogen) atoms. The quantitative estimate of drug-likeness (QED) is 0.568. The summed E-state index contributed by atoms with van der Waals surface area (Å²) in [5.74, 6) is -1.85. The predicted molar refractivity (Wildman–Crippen MR) is 25.2 cm³/mol. The van der Waals surface area contributed by atoms with Crippen molar-refractivity contribution in [2.24, 2.45) is 0 Å². The average Bonchev–Trinajstić information content (AvgIpc) is 1.14. The maximum absolute atomic E-state index is 11.1. The summed E-state index contributed by atoms with van der Waals surface area (Å²) >= 11 is 0. The summed E-state index contributed by atoms with van der Waals surface area (Å²) in [6.07, 6.45) is -2.36. The van der Waals surface area contributed by atoms with E-state index in [2.05, 4.69) is 6.26 Å². The first kappa shape index (κ1) is 8.74. The fourth-order valence-corrected chi connectivity index (χ4v) is 0.748. The summed E-state index contributed by atoms with van der Waals surface area (Å²) < 4.78 is 53.0. The third-order valence-electron chi connectivity index (χ3n) is 0.384. The largest absolute Gasteiger partial charge is 0.402 e. The molecular weight excluding hydrogens is 157 g/mol. The van der Waals surface area contributed by atoms with Crippen LogP contribution in [0.15, 0.2) is 0 Å². The molecule has 0 aliphatic rings. The zero-order chi connectivity index (χ0) is 7.71. The smallest absolute Gasteiger partial charge is 0.228 e. The first-order valence-corrected chi connectivity index (χ1v) is 3.65. The molecule has 0 fully saturated rings. The summed E-state index contributed by atoms with van der Waals surface area (Å²) in [4.78, 5) is 0. The van der Waals surface area contributed by atoms with Gasteiger partial charge in [0.2, 0.25) is 0 Å². The third-order valence-corrected chi connectivity index (χ3v) is 1.15. The Kier molecular flexibility index (Phi) is 2.10. The van der Waals surface area contributed by atoms with Gasteiger partial charge in [-0.25, -0.2) is 8.42 Å². The molecule has 55 valence electrons. The van der Waals surface area contributed by atoms with E-state index in [9.17, 15) is 21.6 Å². The second kappa shape index (κ2) is 2.17. The minimum atomic E-state index is -4.67. The van der Waals surface area contributed by atoms with Crippen molar-refractivity contribution in [1.29, 1.82) is 0 Å². The van der Waals surface area contributed by atoms with Gasteiger partial charge < -0.3 is 0 Å². The molecule has 0 aromatic carbocycles. The van der Waals surface area contributed by atoms with Crippen LogP contribution in [0.3, 0.4) is 0 Å². The molecule has 0 bridgehead atoms. The molecule has 0 atom stereocenters. The van der Waals surface area contributed by atoms with E-state index in [4.69, 9.17) is 0 Å². The Morgan fingerprint density at radius 1 is 1.33 bits per heavy atom. The minimum Gasteiger partial charge on any atom is -0.228 e. The molecule has 0 unspecified atom stereocenters. The lowest BCUT2D eigenvalue weighted by Gasteiger charge is -2.01. The average molecular weight is 161 g/mol. The first-order chi connectivity index (χ1) is 3.71. The van der Waals surface area contributed by atoms with Crippen molar-refractivity contribution in [3.8, 4) is 0 Å². The zero-order valence-corrected chi connectivity index (χ0v) is 5.09. The van der Waals surface area contributed by atoms with Gasteiger partial charge in [0.05, 0.1) is 6.26 Å². The van der Waals surface area contributed by atoms with Crippen LogP contribution in [-0.4, -0.2) is 20.3 Å². The molecule has 0 heterocycles. The third kappa shape index (κ3) is 7.74. The Morgan fingerprint density at radius 3 is 1.67 bits per heavy atom.